The van der Waals surface area contributed by atoms with Gasteiger partial charge in [0.15, 0.2) is 0 Å². The maximum Gasteiger partial charge on any atom is 0.146 e. The molecule has 0 atom stereocenters. The predicted molar refractivity (Wildman–Crippen MR) is 80.2 cm³/mol. The molecule has 3 rings (SSSR count). The number of aryl methyl sites for hydroxylation is 1. The van der Waals surface area contributed by atoms with E-state index in [0.717, 1.165) is 22.0 Å². The van der Waals surface area contributed by atoms with Crippen molar-refractivity contribution < 1.29 is 4.39 Å². The molecule has 100 valence electrons. The fourth-order valence-corrected chi connectivity index (χ4v) is 2.28. The number of nitrogens with one attached hydrogen (secondary N) is 1. The lowest BCUT2D eigenvalue weighted by molar-refractivity contribution is 0.629. The molecule has 0 spiro atoms. The molecule has 0 bridgehead atoms. The largest absolute Gasteiger partial charge is 0.379 e. The number of anilines is 1. The van der Waals surface area contributed by atoms with Gasteiger partial charge in [0, 0.05) is 18.1 Å². The first-order chi connectivity index (χ1) is 9.74. The number of para-hydroxylation sites is 1. The molecule has 0 radical (unpaired) electrons. The summed E-state index contributed by atoms with van der Waals surface area (Å²) in [6, 6.07) is 15.0. The zero-order chi connectivity index (χ0) is 13.9. The van der Waals surface area contributed by atoms with E-state index in [1.807, 2.05) is 43.3 Å². The summed E-state index contributed by atoms with van der Waals surface area (Å²) >= 11 is 0. The molecule has 0 aliphatic carbocycles. The lowest BCUT2D eigenvalue weighted by Gasteiger charge is -2.10. The second-order valence-electron chi connectivity index (χ2n) is 4.83. The van der Waals surface area contributed by atoms with Gasteiger partial charge >= 0.3 is 0 Å². The molecule has 0 aliphatic heterocycles. The van der Waals surface area contributed by atoms with Crippen LogP contribution in [0.15, 0.2) is 54.7 Å². The Kier molecular flexibility index (Phi) is 3.33. The van der Waals surface area contributed by atoms with E-state index in [9.17, 15) is 4.39 Å². The summed E-state index contributed by atoms with van der Waals surface area (Å²) in [5, 5.41) is 4.24. The van der Waals surface area contributed by atoms with Crippen LogP contribution in [0.3, 0.4) is 0 Å². The molecule has 3 aromatic rings. The number of hydrogen-bond donors (Lipinski definition) is 1. The van der Waals surface area contributed by atoms with E-state index in [2.05, 4.69) is 10.3 Å². The van der Waals surface area contributed by atoms with E-state index >= 15 is 0 Å². The van der Waals surface area contributed by atoms with Gasteiger partial charge in [-0.15, -0.1) is 0 Å². The predicted octanol–water partition coefficient (Wildman–Crippen LogP) is 4.29. The summed E-state index contributed by atoms with van der Waals surface area (Å²) < 4.78 is 13.7. The SMILES string of the molecule is Cc1ccc(F)c(NCc2cccc3cccnc23)c1. The van der Waals surface area contributed by atoms with Gasteiger partial charge in [-0.2, -0.15) is 0 Å². The summed E-state index contributed by atoms with van der Waals surface area (Å²) in [5.41, 5.74) is 3.57. The molecule has 3 heteroatoms. The Morgan fingerprint density at radius 1 is 1.10 bits per heavy atom. The molecule has 1 aromatic heterocycles. The van der Waals surface area contributed by atoms with Crippen molar-refractivity contribution in [1.82, 2.24) is 4.98 Å². The Bertz CT molecular complexity index is 748. The van der Waals surface area contributed by atoms with E-state index in [1.165, 1.54) is 6.07 Å². The van der Waals surface area contributed by atoms with E-state index < -0.39 is 0 Å². The van der Waals surface area contributed by atoms with Gasteiger partial charge in [0.05, 0.1) is 11.2 Å². The first-order valence-electron chi connectivity index (χ1n) is 6.57. The van der Waals surface area contributed by atoms with Gasteiger partial charge in [0.1, 0.15) is 5.82 Å². The van der Waals surface area contributed by atoms with Gasteiger partial charge < -0.3 is 5.32 Å². The molecule has 0 fully saturated rings. The average Bonchev–Trinajstić information content (AvgIpc) is 2.48. The fourth-order valence-electron chi connectivity index (χ4n) is 2.28. The Morgan fingerprint density at radius 2 is 1.95 bits per heavy atom. The third-order valence-corrected chi connectivity index (χ3v) is 3.31. The second-order valence-corrected chi connectivity index (χ2v) is 4.83. The summed E-state index contributed by atoms with van der Waals surface area (Å²) in [6.07, 6.45) is 1.78. The summed E-state index contributed by atoms with van der Waals surface area (Å²) in [7, 11) is 0. The second kappa shape index (κ2) is 5.29. The van der Waals surface area contributed by atoms with Gasteiger partial charge in [0.25, 0.3) is 0 Å². The lowest BCUT2D eigenvalue weighted by Crippen LogP contribution is -2.03. The van der Waals surface area contributed by atoms with E-state index in [-0.39, 0.29) is 5.82 Å². The van der Waals surface area contributed by atoms with E-state index in [0.29, 0.717) is 12.2 Å². The zero-order valence-corrected chi connectivity index (χ0v) is 11.2. The van der Waals surface area contributed by atoms with Gasteiger partial charge in [-0.3, -0.25) is 4.98 Å². The zero-order valence-electron chi connectivity index (χ0n) is 11.2. The maximum atomic E-state index is 13.7. The Labute approximate surface area is 117 Å². The molecule has 0 saturated heterocycles. The molecular weight excluding hydrogens is 251 g/mol. The molecule has 0 saturated carbocycles. The number of aromatic nitrogens is 1. The number of rotatable bonds is 3. The van der Waals surface area contributed by atoms with Crippen molar-refractivity contribution in [1.29, 1.82) is 0 Å². The molecule has 0 unspecified atom stereocenters. The standard InChI is InChI=1S/C17H15FN2/c1-12-7-8-15(18)16(10-12)20-11-14-5-2-4-13-6-3-9-19-17(13)14/h2-10,20H,11H2,1H3. The highest BCUT2D eigenvalue weighted by Crippen LogP contribution is 2.20. The number of halogens is 1. The fraction of sp³-hybridized carbons (Fsp3) is 0.118. The van der Waals surface area contributed by atoms with Gasteiger partial charge in [0.2, 0.25) is 0 Å². The quantitative estimate of drug-likeness (QED) is 0.764. The van der Waals surface area contributed by atoms with Crippen molar-refractivity contribution in [2.24, 2.45) is 0 Å². The van der Waals surface area contributed by atoms with Crippen LogP contribution < -0.4 is 5.32 Å². The van der Waals surface area contributed by atoms with Crippen LogP contribution in [0.5, 0.6) is 0 Å². The summed E-state index contributed by atoms with van der Waals surface area (Å²) in [6.45, 7) is 2.50. The van der Waals surface area contributed by atoms with Crippen LogP contribution >= 0.6 is 0 Å². The van der Waals surface area contributed by atoms with Crippen molar-refractivity contribution in [2.75, 3.05) is 5.32 Å². The molecule has 0 amide bonds. The van der Waals surface area contributed by atoms with Crippen LogP contribution in [0.4, 0.5) is 10.1 Å². The molecule has 0 aliphatic rings. The minimum atomic E-state index is -0.233. The van der Waals surface area contributed by atoms with Crippen molar-refractivity contribution in [3.05, 3.63) is 71.7 Å². The van der Waals surface area contributed by atoms with Crippen LogP contribution in [0.1, 0.15) is 11.1 Å². The molecule has 1 N–H and O–H groups in total. The third kappa shape index (κ3) is 2.48. The summed E-state index contributed by atoms with van der Waals surface area (Å²) in [5.74, 6) is -0.233. The maximum absolute atomic E-state index is 13.7. The van der Waals surface area contributed by atoms with E-state index in [1.54, 1.807) is 12.3 Å². The van der Waals surface area contributed by atoms with E-state index in [4.69, 9.17) is 0 Å². The molecule has 1 heterocycles. The first kappa shape index (κ1) is 12.6. The summed E-state index contributed by atoms with van der Waals surface area (Å²) in [4.78, 5) is 4.40. The Hall–Kier alpha value is -2.42. The van der Waals surface area contributed by atoms with Gasteiger partial charge in [-0.25, -0.2) is 4.39 Å². The first-order valence-corrected chi connectivity index (χ1v) is 6.57. The van der Waals surface area contributed by atoms with Crippen LogP contribution in [0.25, 0.3) is 10.9 Å². The Morgan fingerprint density at radius 3 is 2.85 bits per heavy atom. The van der Waals surface area contributed by atoms with Gasteiger partial charge in [-0.1, -0.05) is 30.3 Å². The van der Waals surface area contributed by atoms with Crippen molar-refractivity contribution in [3.63, 3.8) is 0 Å². The topological polar surface area (TPSA) is 24.9 Å². The number of hydrogen-bond acceptors (Lipinski definition) is 2. The van der Waals surface area contributed by atoms with Crippen molar-refractivity contribution in [3.8, 4) is 0 Å². The highest BCUT2D eigenvalue weighted by Gasteiger charge is 2.04. The number of benzene rings is 2. The molecular formula is C17H15FN2. The highest BCUT2D eigenvalue weighted by atomic mass is 19.1. The molecule has 2 aromatic carbocycles. The van der Waals surface area contributed by atoms with Crippen molar-refractivity contribution >= 4 is 16.6 Å². The third-order valence-electron chi connectivity index (χ3n) is 3.31. The number of pyridine rings is 1. The highest BCUT2D eigenvalue weighted by molar-refractivity contribution is 5.81. The van der Waals surface area contributed by atoms with Crippen LogP contribution in [-0.4, -0.2) is 4.98 Å². The normalized spacial score (nSPS) is 10.7. The van der Waals surface area contributed by atoms with Crippen LogP contribution in [-0.2, 0) is 6.54 Å². The minimum absolute atomic E-state index is 0.233. The average molecular weight is 266 g/mol. The lowest BCUT2D eigenvalue weighted by atomic mass is 10.1. The number of nitrogens with zero attached hydrogens (tertiary/aromatic N) is 1. The van der Waals surface area contributed by atoms with Gasteiger partial charge in [-0.05, 0) is 36.2 Å². The monoisotopic (exact) mass is 266 g/mol. The smallest absolute Gasteiger partial charge is 0.146 e. The molecule has 20 heavy (non-hydrogen) atoms. The molecule has 2 nitrogen and oxygen atoms in total. The minimum Gasteiger partial charge on any atom is -0.379 e. The Balaban J connectivity index is 1.89. The van der Waals surface area contributed by atoms with Crippen LogP contribution in [0, 0.1) is 12.7 Å². The van der Waals surface area contributed by atoms with Crippen LogP contribution in [0.2, 0.25) is 0 Å². The number of fused-ring (bicyclic) bond motifs is 1. The van der Waals surface area contributed by atoms with Crippen molar-refractivity contribution in [2.45, 2.75) is 13.5 Å².